The van der Waals surface area contributed by atoms with Crippen molar-refractivity contribution in [3.05, 3.63) is 83.4 Å². The van der Waals surface area contributed by atoms with Crippen LogP contribution >= 0.6 is 12.2 Å². The van der Waals surface area contributed by atoms with E-state index in [1.165, 1.54) is 5.56 Å². The summed E-state index contributed by atoms with van der Waals surface area (Å²) in [6.07, 6.45) is 3.67. The van der Waals surface area contributed by atoms with Crippen molar-refractivity contribution in [1.82, 2.24) is 19.6 Å². The van der Waals surface area contributed by atoms with Crippen LogP contribution in [-0.2, 0) is 13.1 Å². The van der Waals surface area contributed by atoms with Crippen LogP contribution in [0.2, 0.25) is 0 Å². The molecular formula is C27H32N6O2S. The Kier molecular flexibility index (Phi) is 8.22. The lowest BCUT2D eigenvalue weighted by Gasteiger charge is -2.12. The molecule has 0 radical (unpaired) electrons. The summed E-state index contributed by atoms with van der Waals surface area (Å²) in [6.45, 7) is 10.4. The Bertz CT molecular complexity index is 1320. The van der Waals surface area contributed by atoms with E-state index in [0.29, 0.717) is 31.4 Å². The molecular weight excluding hydrogens is 472 g/mol. The second kappa shape index (κ2) is 11.7. The summed E-state index contributed by atoms with van der Waals surface area (Å²) >= 11 is 5.57. The molecule has 8 nitrogen and oxygen atoms in total. The number of hydrogen-bond donors (Lipinski definition) is 2. The number of nitrogens with one attached hydrogen (secondary N) is 2. The van der Waals surface area contributed by atoms with E-state index in [4.69, 9.17) is 21.7 Å². The zero-order valence-corrected chi connectivity index (χ0v) is 21.9. The van der Waals surface area contributed by atoms with Crippen LogP contribution in [0.15, 0.2) is 60.9 Å². The molecule has 0 unspecified atom stereocenters. The van der Waals surface area contributed by atoms with Gasteiger partial charge >= 0.3 is 0 Å². The van der Waals surface area contributed by atoms with E-state index in [0.717, 1.165) is 39.8 Å². The fourth-order valence-electron chi connectivity index (χ4n) is 3.96. The molecule has 2 aromatic heterocycles. The summed E-state index contributed by atoms with van der Waals surface area (Å²) in [6, 6.07) is 16.2. The van der Waals surface area contributed by atoms with Gasteiger partial charge in [0.15, 0.2) is 16.6 Å². The van der Waals surface area contributed by atoms with Crippen LogP contribution in [0.4, 0.5) is 11.4 Å². The Balaban J connectivity index is 1.38. The van der Waals surface area contributed by atoms with Gasteiger partial charge in [0.2, 0.25) is 0 Å². The quantitative estimate of drug-likeness (QED) is 0.280. The first-order valence-corrected chi connectivity index (χ1v) is 12.4. The molecule has 188 valence electrons. The van der Waals surface area contributed by atoms with Gasteiger partial charge < -0.3 is 20.1 Å². The van der Waals surface area contributed by atoms with Gasteiger partial charge in [-0.2, -0.15) is 10.2 Å². The van der Waals surface area contributed by atoms with Gasteiger partial charge in [-0.05, 0) is 63.2 Å². The van der Waals surface area contributed by atoms with Gasteiger partial charge in [0.25, 0.3) is 0 Å². The maximum atomic E-state index is 5.74. The number of thiocarbonyl (C=S) groups is 1. The summed E-state index contributed by atoms with van der Waals surface area (Å²) in [5.41, 5.74) is 5.89. The number of benzene rings is 2. The van der Waals surface area contributed by atoms with Crippen molar-refractivity contribution in [3.63, 3.8) is 0 Å². The molecule has 2 heterocycles. The minimum Gasteiger partial charge on any atom is -0.490 e. The molecule has 0 spiro atoms. The SMILES string of the molecule is CCOc1ccc(Cn2cc(NC(=S)Nc3c(C)nn(Cc4ccccc4)c3C)cn2)cc1OCC. The van der Waals surface area contributed by atoms with Crippen LogP contribution in [0.1, 0.15) is 36.4 Å². The minimum atomic E-state index is 0.486. The molecule has 0 saturated heterocycles. The first kappa shape index (κ1) is 25.2. The summed E-state index contributed by atoms with van der Waals surface area (Å²) in [5, 5.41) is 16.2. The smallest absolute Gasteiger partial charge is 0.175 e. The molecule has 4 aromatic rings. The highest BCUT2D eigenvalue weighted by Gasteiger charge is 2.14. The molecule has 0 aliphatic heterocycles. The second-order valence-electron chi connectivity index (χ2n) is 8.34. The van der Waals surface area contributed by atoms with Gasteiger partial charge in [0, 0.05) is 6.20 Å². The molecule has 2 N–H and O–H groups in total. The first-order chi connectivity index (χ1) is 17.5. The fraction of sp³-hybridized carbons (Fsp3) is 0.296. The van der Waals surface area contributed by atoms with Gasteiger partial charge in [0.05, 0.1) is 55.3 Å². The Hall–Kier alpha value is -3.85. The zero-order valence-electron chi connectivity index (χ0n) is 21.1. The molecule has 0 fully saturated rings. The van der Waals surface area contributed by atoms with E-state index in [2.05, 4.69) is 33.0 Å². The van der Waals surface area contributed by atoms with Crippen LogP contribution in [-0.4, -0.2) is 37.9 Å². The Morgan fingerprint density at radius 2 is 1.67 bits per heavy atom. The predicted octanol–water partition coefficient (Wildman–Crippen LogP) is 5.40. The summed E-state index contributed by atoms with van der Waals surface area (Å²) in [5.74, 6) is 1.49. The lowest BCUT2D eigenvalue weighted by molar-refractivity contribution is 0.287. The highest BCUT2D eigenvalue weighted by Crippen LogP contribution is 2.29. The number of rotatable bonds is 10. The molecule has 4 rings (SSSR count). The lowest BCUT2D eigenvalue weighted by Crippen LogP contribution is -2.19. The van der Waals surface area contributed by atoms with Gasteiger partial charge in [0.1, 0.15) is 0 Å². The van der Waals surface area contributed by atoms with Crippen molar-refractivity contribution in [2.24, 2.45) is 0 Å². The topological polar surface area (TPSA) is 78.2 Å². The number of nitrogens with zero attached hydrogens (tertiary/aromatic N) is 4. The fourth-order valence-corrected chi connectivity index (χ4v) is 4.18. The largest absolute Gasteiger partial charge is 0.490 e. The minimum absolute atomic E-state index is 0.486. The molecule has 2 aromatic carbocycles. The van der Waals surface area contributed by atoms with E-state index < -0.39 is 0 Å². The molecule has 9 heteroatoms. The average molecular weight is 505 g/mol. The highest BCUT2D eigenvalue weighted by molar-refractivity contribution is 7.80. The normalized spacial score (nSPS) is 10.8. The standard InChI is InChI=1S/C27H32N6O2S/c1-5-34-24-13-12-22(14-25(24)35-6-2)16-32-18-23(15-28-32)29-27(36)30-26-19(3)31-33(20(26)4)17-21-10-8-7-9-11-21/h7-15,18H,5-6,16-17H2,1-4H3,(H2,29,30,36). The molecule has 0 bridgehead atoms. The number of aromatic nitrogens is 4. The van der Waals surface area contributed by atoms with Crippen molar-refractivity contribution in [3.8, 4) is 11.5 Å². The van der Waals surface area contributed by atoms with Crippen molar-refractivity contribution in [2.45, 2.75) is 40.8 Å². The second-order valence-corrected chi connectivity index (χ2v) is 8.75. The number of ether oxygens (including phenoxy) is 2. The Morgan fingerprint density at radius 1 is 0.917 bits per heavy atom. The predicted molar refractivity (Wildman–Crippen MR) is 147 cm³/mol. The van der Waals surface area contributed by atoms with Gasteiger partial charge in [-0.3, -0.25) is 9.36 Å². The van der Waals surface area contributed by atoms with Crippen LogP contribution < -0.4 is 20.1 Å². The van der Waals surface area contributed by atoms with Crippen molar-refractivity contribution < 1.29 is 9.47 Å². The molecule has 0 amide bonds. The van der Waals surface area contributed by atoms with Crippen LogP contribution in [0.25, 0.3) is 0 Å². The van der Waals surface area contributed by atoms with E-state index >= 15 is 0 Å². The Labute approximate surface area is 217 Å². The van der Waals surface area contributed by atoms with E-state index in [-0.39, 0.29) is 0 Å². The van der Waals surface area contributed by atoms with Gasteiger partial charge in [-0.1, -0.05) is 36.4 Å². The molecule has 0 atom stereocenters. The van der Waals surface area contributed by atoms with E-state index in [1.807, 2.05) is 79.7 Å². The van der Waals surface area contributed by atoms with E-state index in [1.54, 1.807) is 6.20 Å². The van der Waals surface area contributed by atoms with E-state index in [9.17, 15) is 0 Å². The molecule has 0 aliphatic rings. The Morgan fingerprint density at radius 3 is 2.42 bits per heavy atom. The molecule has 0 aliphatic carbocycles. The van der Waals surface area contributed by atoms with Gasteiger partial charge in [-0.25, -0.2) is 0 Å². The lowest BCUT2D eigenvalue weighted by atomic mass is 10.2. The van der Waals surface area contributed by atoms with Crippen molar-refractivity contribution in [1.29, 1.82) is 0 Å². The first-order valence-electron chi connectivity index (χ1n) is 12.0. The third-order valence-electron chi connectivity index (χ3n) is 5.64. The summed E-state index contributed by atoms with van der Waals surface area (Å²) in [4.78, 5) is 0. The van der Waals surface area contributed by atoms with Crippen molar-refractivity contribution in [2.75, 3.05) is 23.8 Å². The van der Waals surface area contributed by atoms with Crippen molar-refractivity contribution >= 4 is 28.7 Å². The van der Waals surface area contributed by atoms with Crippen LogP contribution in [0.3, 0.4) is 0 Å². The third-order valence-corrected chi connectivity index (χ3v) is 5.84. The number of aryl methyl sites for hydroxylation is 1. The number of anilines is 2. The maximum Gasteiger partial charge on any atom is 0.175 e. The molecule has 36 heavy (non-hydrogen) atoms. The zero-order chi connectivity index (χ0) is 25.5. The average Bonchev–Trinajstić information content (AvgIpc) is 3.40. The summed E-state index contributed by atoms with van der Waals surface area (Å²) < 4.78 is 15.2. The van der Waals surface area contributed by atoms with Gasteiger partial charge in [-0.15, -0.1) is 0 Å². The third kappa shape index (κ3) is 6.23. The monoisotopic (exact) mass is 504 g/mol. The summed E-state index contributed by atoms with van der Waals surface area (Å²) in [7, 11) is 0. The number of hydrogen-bond acceptors (Lipinski definition) is 5. The maximum absolute atomic E-state index is 5.74. The molecule has 0 saturated carbocycles. The van der Waals surface area contributed by atoms with Crippen LogP contribution in [0, 0.1) is 13.8 Å². The highest BCUT2D eigenvalue weighted by atomic mass is 32.1. The van der Waals surface area contributed by atoms with Crippen LogP contribution in [0.5, 0.6) is 11.5 Å².